The first kappa shape index (κ1) is 13.6. The molecule has 0 atom stereocenters. The average Bonchev–Trinajstić information content (AvgIpc) is 2.50. The zero-order valence-electron chi connectivity index (χ0n) is 12.5. The maximum Gasteiger partial charge on any atom is 0.112 e. The Morgan fingerprint density at radius 2 is 1.90 bits per heavy atom. The molecular weight excluding hydrogens is 260 g/mol. The van der Waals surface area contributed by atoms with Gasteiger partial charge in [-0.2, -0.15) is 0 Å². The van der Waals surface area contributed by atoms with Crippen LogP contribution in [0.15, 0.2) is 45.5 Å². The third-order valence-electron chi connectivity index (χ3n) is 4.17. The number of anilines is 1. The lowest BCUT2D eigenvalue weighted by Crippen LogP contribution is -2.28. The van der Waals surface area contributed by atoms with Gasteiger partial charge in [0.2, 0.25) is 0 Å². The van der Waals surface area contributed by atoms with Gasteiger partial charge in [-0.25, -0.2) is 4.99 Å². The smallest absolute Gasteiger partial charge is 0.112 e. The molecular formula is C17H20N4. The quantitative estimate of drug-likeness (QED) is 0.613. The van der Waals surface area contributed by atoms with Crippen LogP contribution in [0, 0.1) is 13.8 Å². The Morgan fingerprint density at radius 1 is 1.10 bits per heavy atom. The van der Waals surface area contributed by atoms with Crippen LogP contribution in [0.2, 0.25) is 0 Å². The van der Waals surface area contributed by atoms with E-state index >= 15 is 0 Å². The van der Waals surface area contributed by atoms with Gasteiger partial charge in [-0.05, 0) is 61.6 Å². The van der Waals surface area contributed by atoms with Crippen LogP contribution >= 0.6 is 0 Å². The van der Waals surface area contributed by atoms with E-state index in [1.807, 2.05) is 32.1 Å². The molecule has 0 saturated heterocycles. The fourth-order valence-electron chi connectivity index (χ4n) is 2.66. The second-order valence-electron chi connectivity index (χ2n) is 5.53. The minimum absolute atomic E-state index is 0.674. The van der Waals surface area contributed by atoms with Crippen molar-refractivity contribution >= 4 is 22.8 Å². The second kappa shape index (κ2) is 5.20. The third-order valence-corrected chi connectivity index (χ3v) is 4.17. The molecule has 0 amide bonds. The summed E-state index contributed by atoms with van der Waals surface area (Å²) in [6.45, 7) is 4.89. The van der Waals surface area contributed by atoms with Crippen LogP contribution in [0.3, 0.4) is 0 Å². The summed E-state index contributed by atoms with van der Waals surface area (Å²) >= 11 is 0. The van der Waals surface area contributed by atoms with E-state index in [9.17, 15) is 0 Å². The van der Waals surface area contributed by atoms with E-state index in [2.05, 4.69) is 11.1 Å². The van der Waals surface area contributed by atoms with Crippen molar-refractivity contribution in [2.45, 2.75) is 26.7 Å². The highest BCUT2D eigenvalue weighted by Gasteiger charge is 2.22. The van der Waals surface area contributed by atoms with Crippen LogP contribution in [0.25, 0.3) is 0 Å². The van der Waals surface area contributed by atoms with Crippen LogP contribution in [0.5, 0.6) is 0 Å². The number of aliphatic imine (C=N–C) groups is 2. The highest BCUT2D eigenvalue weighted by atomic mass is 14.9. The minimum Gasteiger partial charge on any atom is -0.399 e. The molecule has 0 aromatic heterocycles. The first-order valence-corrected chi connectivity index (χ1v) is 7.24. The number of fused-ring (bicyclic) bond motifs is 1. The van der Waals surface area contributed by atoms with Gasteiger partial charge in [0.1, 0.15) is 5.71 Å². The lowest BCUT2D eigenvalue weighted by atomic mass is 9.92. The normalized spacial score (nSPS) is 19.7. The number of nitrogens with zero attached hydrogens (tertiary/aromatic N) is 2. The highest BCUT2D eigenvalue weighted by molar-refractivity contribution is 6.54. The van der Waals surface area contributed by atoms with E-state index in [1.165, 1.54) is 5.57 Å². The molecule has 0 bridgehead atoms. The molecule has 4 nitrogen and oxygen atoms in total. The molecule has 21 heavy (non-hydrogen) atoms. The summed E-state index contributed by atoms with van der Waals surface area (Å²) in [5, 5.41) is 0. The first-order chi connectivity index (χ1) is 10.1. The first-order valence-electron chi connectivity index (χ1n) is 7.24. The molecule has 108 valence electrons. The molecule has 1 aromatic carbocycles. The van der Waals surface area contributed by atoms with Gasteiger partial charge in [0.05, 0.1) is 17.1 Å². The molecule has 0 unspecified atom stereocenters. The summed E-state index contributed by atoms with van der Waals surface area (Å²) in [6.07, 6.45) is 6.13. The lowest BCUT2D eigenvalue weighted by Gasteiger charge is -2.21. The molecule has 0 spiro atoms. The summed E-state index contributed by atoms with van der Waals surface area (Å²) in [5.74, 6) is 0. The Kier molecular flexibility index (Phi) is 3.37. The third kappa shape index (κ3) is 2.37. The van der Waals surface area contributed by atoms with E-state index in [0.29, 0.717) is 5.70 Å². The highest BCUT2D eigenvalue weighted by Crippen LogP contribution is 2.28. The number of nitrogens with two attached hydrogens (primary N) is 2. The SMILES string of the molecule is Cc1c(N)ccc(/N=C2/C(N)=CC=C3CCCN=C32)c1C. The van der Waals surface area contributed by atoms with Gasteiger partial charge < -0.3 is 11.5 Å². The Bertz CT molecular complexity index is 721. The summed E-state index contributed by atoms with van der Waals surface area (Å²) in [7, 11) is 0. The fourth-order valence-corrected chi connectivity index (χ4v) is 2.66. The summed E-state index contributed by atoms with van der Waals surface area (Å²) in [4.78, 5) is 9.40. The predicted molar refractivity (Wildman–Crippen MR) is 89.3 cm³/mol. The maximum atomic E-state index is 6.13. The Morgan fingerprint density at radius 3 is 2.71 bits per heavy atom. The summed E-state index contributed by atoms with van der Waals surface area (Å²) < 4.78 is 0. The van der Waals surface area contributed by atoms with E-state index in [4.69, 9.17) is 16.5 Å². The zero-order valence-corrected chi connectivity index (χ0v) is 12.5. The monoisotopic (exact) mass is 280 g/mol. The number of nitrogen functional groups attached to an aromatic ring is 1. The van der Waals surface area contributed by atoms with Crippen molar-refractivity contribution in [3.63, 3.8) is 0 Å². The average molecular weight is 280 g/mol. The molecule has 0 fully saturated rings. The Labute approximate surface area is 125 Å². The van der Waals surface area contributed by atoms with Crippen LogP contribution in [0.1, 0.15) is 24.0 Å². The topological polar surface area (TPSA) is 76.8 Å². The fraction of sp³-hybridized carbons (Fsp3) is 0.294. The lowest BCUT2D eigenvalue weighted by molar-refractivity contribution is 0.817. The summed E-state index contributed by atoms with van der Waals surface area (Å²) in [5.41, 5.74) is 19.6. The van der Waals surface area contributed by atoms with Gasteiger partial charge in [-0.1, -0.05) is 6.08 Å². The minimum atomic E-state index is 0.674. The number of rotatable bonds is 1. The van der Waals surface area contributed by atoms with Gasteiger partial charge in [0.25, 0.3) is 0 Å². The number of hydrogen-bond acceptors (Lipinski definition) is 4. The van der Waals surface area contributed by atoms with Gasteiger partial charge in [-0.15, -0.1) is 0 Å². The molecule has 1 aliphatic heterocycles. The van der Waals surface area contributed by atoms with Crippen molar-refractivity contribution < 1.29 is 0 Å². The molecule has 1 aromatic rings. The van der Waals surface area contributed by atoms with Crippen molar-refractivity contribution in [1.82, 2.24) is 0 Å². The molecule has 0 saturated carbocycles. The van der Waals surface area contributed by atoms with Crippen LogP contribution < -0.4 is 11.5 Å². The standard InChI is InChI=1S/C17H20N4/c1-10-11(2)15(8-7-13(10)18)21-17-14(19)6-5-12-4-3-9-20-16(12)17/h5-8H,3-4,9,18-19H2,1-2H3/b21-17-. The van der Waals surface area contributed by atoms with Crippen LogP contribution in [0.4, 0.5) is 11.4 Å². The molecule has 3 rings (SSSR count). The number of allylic oxidation sites excluding steroid dienone is 4. The van der Waals surface area contributed by atoms with Crippen molar-refractivity contribution in [2.24, 2.45) is 15.7 Å². The molecule has 1 aliphatic carbocycles. The van der Waals surface area contributed by atoms with E-state index in [-0.39, 0.29) is 0 Å². The van der Waals surface area contributed by atoms with Crippen molar-refractivity contribution in [1.29, 1.82) is 0 Å². The largest absolute Gasteiger partial charge is 0.399 e. The molecule has 0 radical (unpaired) electrons. The van der Waals surface area contributed by atoms with Crippen molar-refractivity contribution in [3.8, 4) is 0 Å². The van der Waals surface area contributed by atoms with Crippen LogP contribution in [-0.2, 0) is 0 Å². The van der Waals surface area contributed by atoms with Gasteiger partial charge >= 0.3 is 0 Å². The second-order valence-corrected chi connectivity index (χ2v) is 5.53. The zero-order chi connectivity index (χ0) is 15.0. The maximum absolute atomic E-state index is 6.13. The van der Waals surface area contributed by atoms with Gasteiger partial charge in [0.15, 0.2) is 0 Å². The molecule has 4 N–H and O–H groups in total. The van der Waals surface area contributed by atoms with E-state index < -0.39 is 0 Å². The number of benzene rings is 1. The molecule has 4 heteroatoms. The van der Waals surface area contributed by atoms with Gasteiger partial charge in [-0.3, -0.25) is 4.99 Å². The summed E-state index contributed by atoms with van der Waals surface area (Å²) in [6, 6.07) is 3.84. The van der Waals surface area contributed by atoms with Crippen LogP contribution in [-0.4, -0.2) is 18.0 Å². The van der Waals surface area contributed by atoms with Crippen molar-refractivity contribution in [3.05, 3.63) is 46.7 Å². The van der Waals surface area contributed by atoms with E-state index in [1.54, 1.807) is 0 Å². The Balaban J connectivity index is 2.11. The van der Waals surface area contributed by atoms with Crippen molar-refractivity contribution in [2.75, 3.05) is 12.3 Å². The van der Waals surface area contributed by atoms with E-state index in [0.717, 1.165) is 53.3 Å². The molecule has 1 heterocycles. The molecule has 2 aliphatic rings. The Hall–Kier alpha value is -2.36. The number of hydrogen-bond donors (Lipinski definition) is 2. The van der Waals surface area contributed by atoms with Gasteiger partial charge in [0, 0.05) is 12.2 Å². The predicted octanol–water partition coefficient (Wildman–Crippen LogP) is 2.98.